The molecule has 1 aromatic carbocycles. The molecule has 23 heavy (non-hydrogen) atoms. The highest BCUT2D eigenvalue weighted by Crippen LogP contribution is 2.28. The molecule has 1 saturated carbocycles. The maximum atomic E-state index is 12.4. The summed E-state index contributed by atoms with van der Waals surface area (Å²) in [6.07, 6.45) is 4.61. The van der Waals surface area contributed by atoms with Gasteiger partial charge in [-0.15, -0.1) is 11.8 Å². The number of carbonyl (C=O) groups is 2. The van der Waals surface area contributed by atoms with Gasteiger partial charge in [0.25, 0.3) is 5.91 Å². The Balaban J connectivity index is 1.71. The molecule has 2 N–H and O–H groups in total. The molecule has 1 heterocycles. The summed E-state index contributed by atoms with van der Waals surface area (Å²) in [5.41, 5.74) is 0.779. The van der Waals surface area contributed by atoms with Gasteiger partial charge in [-0.05, 0) is 37.5 Å². The first-order valence-corrected chi connectivity index (χ1v) is 8.46. The smallest absolute Gasteiger partial charge is 0.339 e. The van der Waals surface area contributed by atoms with Crippen LogP contribution in [0, 0.1) is 0 Å². The summed E-state index contributed by atoms with van der Waals surface area (Å²) in [5, 5.41) is 12.1. The highest BCUT2D eigenvalue weighted by Gasteiger charge is 2.22. The summed E-state index contributed by atoms with van der Waals surface area (Å²) in [5.74, 6) is -0.319. The molecule has 0 saturated heterocycles. The Morgan fingerprint density at radius 3 is 2.70 bits per heavy atom. The van der Waals surface area contributed by atoms with E-state index in [9.17, 15) is 9.59 Å². The topological polar surface area (TPSA) is 79.5 Å². The fourth-order valence-corrected chi connectivity index (χ4v) is 3.38. The van der Waals surface area contributed by atoms with Gasteiger partial charge in [0.15, 0.2) is 0 Å². The summed E-state index contributed by atoms with van der Waals surface area (Å²) in [7, 11) is 0. The zero-order valence-electron chi connectivity index (χ0n) is 12.5. The van der Waals surface area contributed by atoms with Crippen molar-refractivity contribution in [3.8, 4) is 0 Å². The van der Waals surface area contributed by atoms with E-state index in [-0.39, 0.29) is 17.5 Å². The Morgan fingerprint density at radius 2 is 2.00 bits per heavy atom. The number of nitrogens with one attached hydrogen (secondary N) is 1. The molecular formula is C17H17NO4S. The summed E-state index contributed by atoms with van der Waals surface area (Å²) in [6.45, 7) is 0. The predicted molar refractivity (Wildman–Crippen MR) is 86.8 cm³/mol. The monoisotopic (exact) mass is 331 g/mol. The summed E-state index contributed by atoms with van der Waals surface area (Å²) < 4.78 is 5.24. The normalized spacial score (nSPS) is 14.3. The van der Waals surface area contributed by atoms with Crippen LogP contribution in [0.5, 0.6) is 0 Å². The lowest BCUT2D eigenvalue weighted by molar-refractivity contribution is 0.0694. The highest BCUT2D eigenvalue weighted by molar-refractivity contribution is 7.98. The van der Waals surface area contributed by atoms with Crippen LogP contribution in [-0.2, 0) is 5.75 Å². The van der Waals surface area contributed by atoms with E-state index >= 15 is 0 Å². The molecule has 120 valence electrons. The molecule has 1 aliphatic rings. The van der Waals surface area contributed by atoms with E-state index in [0.29, 0.717) is 17.1 Å². The van der Waals surface area contributed by atoms with E-state index in [1.807, 2.05) is 18.2 Å². The molecule has 1 aromatic heterocycles. The van der Waals surface area contributed by atoms with Crippen LogP contribution >= 0.6 is 11.8 Å². The van der Waals surface area contributed by atoms with E-state index in [1.165, 1.54) is 24.1 Å². The number of carboxylic acids is 1. The van der Waals surface area contributed by atoms with Gasteiger partial charge in [0.2, 0.25) is 0 Å². The van der Waals surface area contributed by atoms with Crippen molar-refractivity contribution in [3.63, 3.8) is 0 Å². The average Bonchev–Trinajstić information content (AvgIpc) is 2.97. The van der Waals surface area contributed by atoms with Crippen molar-refractivity contribution in [2.75, 3.05) is 0 Å². The molecule has 0 aliphatic heterocycles. The Labute approximate surface area is 138 Å². The van der Waals surface area contributed by atoms with Gasteiger partial charge in [-0.1, -0.05) is 12.1 Å². The third kappa shape index (κ3) is 3.59. The third-order valence-electron chi connectivity index (χ3n) is 3.91. The van der Waals surface area contributed by atoms with Gasteiger partial charge < -0.3 is 14.8 Å². The van der Waals surface area contributed by atoms with Crippen LogP contribution in [0.25, 0.3) is 0 Å². The fourth-order valence-electron chi connectivity index (χ4n) is 2.38. The second-order valence-corrected chi connectivity index (χ2v) is 6.47. The second-order valence-electron chi connectivity index (χ2n) is 5.45. The first-order valence-electron chi connectivity index (χ1n) is 7.47. The number of amides is 1. The molecule has 0 atom stereocenters. The van der Waals surface area contributed by atoms with Gasteiger partial charge in [-0.2, -0.15) is 0 Å². The SMILES string of the molecule is O=C(NC1CCC1)c1ccccc1SCc1occc1C(=O)O. The van der Waals surface area contributed by atoms with E-state index in [0.717, 1.165) is 24.2 Å². The Kier molecular flexibility index (Phi) is 4.71. The third-order valence-corrected chi connectivity index (χ3v) is 4.98. The van der Waals surface area contributed by atoms with E-state index < -0.39 is 5.97 Å². The first-order chi connectivity index (χ1) is 11.1. The van der Waals surface area contributed by atoms with E-state index in [4.69, 9.17) is 9.52 Å². The Morgan fingerprint density at radius 1 is 1.22 bits per heavy atom. The van der Waals surface area contributed by atoms with Crippen LogP contribution in [0.15, 0.2) is 45.9 Å². The predicted octanol–water partition coefficient (Wildman–Crippen LogP) is 3.55. The lowest BCUT2D eigenvalue weighted by atomic mass is 9.93. The molecule has 6 heteroatoms. The molecule has 0 unspecified atom stereocenters. The number of carbonyl (C=O) groups excluding carboxylic acids is 1. The molecule has 3 rings (SSSR count). The number of carboxylic acid groups (broad SMARTS) is 1. The van der Waals surface area contributed by atoms with Crippen LogP contribution in [-0.4, -0.2) is 23.0 Å². The molecule has 1 amide bonds. The minimum atomic E-state index is -1.01. The van der Waals surface area contributed by atoms with Crippen LogP contribution in [0.1, 0.15) is 45.7 Å². The van der Waals surface area contributed by atoms with Crippen LogP contribution in [0.2, 0.25) is 0 Å². The zero-order chi connectivity index (χ0) is 16.2. The summed E-state index contributed by atoms with van der Waals surface area (Å²) in [6, 6.07) is 9.07. The first kappa shape index (κ1) is 15.7. The van der Waals surface area contributed by atoms with Crippen molar-refractivity contribution in [1.82, 2.24) is 5.32 Å². The maximum absolute atomic E-state index is 12.4. The lowest BCUT2D eigenvalue weighted by Crippen LogP contribution is -2.39. The van der Waals surface area contributed by atoms with Crippen LogP contribution < -0.4 is 5.32 Å². The summed E-state index contributed by atoms with van der Waals surface area (Å²) >= 11 is 1.40. The second kappa shape index (κ2) is 6.91. The van der Waals surface area contributed by atoms with Crippen molar-refractivity contribution in [3.05, 3.63) is 53.5 Å². The molecule has 5 nitrogen and oxygen atoms in total. The number of hydrogen-bond acceptors (Lipinski definition) is 4. The van der Waals surface area contributed by atoms with Crippen molar-refractivity contribution >= 4 is 23.6 Å². The number of benzene rings is 1. The molecular weight excluding hydrogens is 314 g/mol. The fraction of sp³-hybridized carbons (Fsp3) is 0.294. The van der Waals surface area contributed by atoms with E-state index in [1.54, 1.807) is 6.07 Å². The van der Waals surface area contributed by atoms with Crippen LogP contribution in [0.3, 0.4) is 0 Å². The van der Waals surface area contributed by atoms with Crippen molar-refractivity contribution in [2.45, 2.75) is 36.0 Å². The molecule has 1 fully saturated rings. The Hall–Kier alpha value is -2.21. The van der Waals surface area contributed by atoms with Crippen molar-refractivity contribution in [2.24, 2.45) is 0 Å². The van der Waals surface area contributed by atoms with Gasteiger partial charge in [0.1, 0.15) is 11.3 Å². The van der Waals surface area contributed by atoms with Crippen molar-refractivity contribution < 1.29 is 19.1 Å². The maximum Gasteiger partial charge on any atom is 0.339 e. The number of thioether (sulfide) groups is 1. The molecule has 0 bridgehead atoms. The number of furan rings is 1. The van der Waals surface area contributed by atoms with Gasteiger partial charge in [0.05, 0.1) is 17.6 Å². The zero-order valence-corrected chi connectivity index (χ0v) is 13.3. The number of aromatic carboxylic acids is 1. The summed E-state index contributed by atoms with van der Waals surface area (Å²) in [4.78, 5) is 24.3. The van der Waals surface area contributed by atoms with Gasteiger partial charge >= 0.3 is 5.97 Å². The molecule has 0 radical (unpaired) electrons. The molecule has 2 aromatic rings. The largest absolute Gasteiger partial charge is 0.478 e. The number of hydrogen-bond donors (Lipinski definition) is 2. The van der Waals surface area contributed by atoms with Crippen molar-refractivity contribution in [1.29, 1.82) is 0 Å². The average molecular weight is 331 g/mol. The van der Waals surface area contributed by atoms with E-state index in [2.05, 4.69) is 5.32 Å². The van der Waals surface area contributed by atoms with Crippen LogP contribution in [0.4, 0.5) is 0 Å². The van der Waals surface area contributed by atoms with Gasteiger partial charge in [-0.25, -0.2) is 4.79 Å². The quantitative estimate of drug-likeness (QED) is 0.791. The standard InChI is InChI=1S/C17H17NO4S/c19-16(18-11-4-3-5-11)13-6-1-2-7-15(13)23-10-14-12(17(20)21)8-9-22-14/h1-2,6-9,11H,3-5,10H2,(H,18,19)(H,20,21). The molecule has 0 spiro atoms. The minimum Gasteiger partial charge on any atom is -0.478 e. The molecule has 1 aliphatic carbocycles. The van der Waals surface area contributed by atoms with Gasteiger partial charge in [-0.3, -0.25) is 4.79 Å². The lowest BCUT2D eigenvalue weighted by Gasteiger charge is -2.26. The Bertz CT molecular complexity index is 721. The number of rotatable bonds is 6. The minimum absolute atomic E-state index is 0.0734. The van der Waals surface area contributed by atoms with Gasteiger partial charge in [0, 0.05) is 10.9 Å². The highest BCUT2D eigenvalue weighted by atomic mass is 32.2.